The van der Waals surface area contributed by atoms with Gasteiger partial charge in [0.1, 0.15) is 0 Å². The topological polar surface area (TPSA) is 88.6 Å². The number of nitrogens with one attached hydrogen (secondary N) is 1. The summed E-state index contributed by atoms with van der Waals surface area (Å²) >= 11 is 3.35. The summed E-state index contributed by atoms with van der Waals surface area (Å²) in [6, 6.07) is 1.78. The normalized spacial score (nSPS) is 23.2. The number of carbonyl (C=O) groups excluding carboxylic acids is 1. The summed E-state index contributed by atoms with van der Waals surface area (Å²) in [6.07, 6.45) is 7.66. The third kappa shape index (κ3) is 5.03. The molecule has 2 saturated heterocycles. The third-order valence-corrected chi connectivity index (χ3v) is 6.27. The quantitative estimate of drug-likeness (QED) is 0.762. The number of pyridine rings is 1. The van der Waals surface area contributed by atoms with Crippen LogP contribution in [0.3, 0.4) is 0 Å². The third-order valence-electron chi connectivity index (χ3n) is 5.14. The van der Waals surface area contributed by atoms with Crippen molar-refractivity contribution in [3.63, 3.8) is 0 Å². The highest BCUT2D eigenvalue weighted by molar-refractivity contribution is 9.10. The van der Waals surface area contributed by atoms with Gasteiger partial charge in [-0.2, -0.15) is 0 Å². The molecule has 0 bridgehead atoms. The van der Waals surface area contributed by atoms with Gasteiger partial charge in [0, 0.05) is 43.1 Å². The summed E-state index contributed by atoms with van der Waals surface area (Å²) in [7, 11) is -3.17. The van der Waals surface area contributed by atoms with Crippen molar-refractivity contribution in [3.8, 4) is 0 Å². The number of halogens is 1. The molecule has 0 radical (unpaired) electrons. The van der Waals surface area contributed by atoms with Crippen LogP contribution in [0.15, 0.2) is 22.9 Å². The number of carbonyl (C=O) groups is 1. The second-order valence-electron chi connectivity index (χ2n) is 7.19. The Morgan fingerprint density at radius 3 is 2.81 bits per heavy atom. The van der Waals surface area contributed by atoms with Crippen LogP contribution in [0.25, 0.3) is 0 Å². The molecule has 2 aliphatic heterocycles. The summed E-state index contributed by atoms with van der Waals surface area (Å²) in [4.78, 5) is 18.6. The van der Waals surface area contributed by atoms with Crippen molar-refractivity contribution in [3.05, 3.63) is 28.5 Å². The Morgan fingerprint density at radius 2 is 2.15 bits per heavy atom. The molecule has 2 aliphatic rings. The molecule has 0 aromatic carbocycles. The molecule has 9 heteroatoms. The first-order valence-corrected chi connectivity index (χ1v) is 11.4. The minimum atomic E-state index is -3.17. The molecule has 1 unspecified atom stereocenters. The van der Waals surface area contributed by atoms with Crippen LogP contribution >= 0.6 is 15.9 Å². The van der Waals surface area contributed by atoms with Gasteiger partial charge in [-0.3, -0.25) is 9.78 Å². The van der Waals surface area contributed by atoms with E-state index in [1.165, 1.54) is 6.26 Å². The Kier molecular flexibility index (Phi) is 6.01. The van der Waals surface area contributed by atoms with E-state index in [2.05, 4.69) is 25.6 Å². The van der Waals surface area contributed by atoms with Crippen molar-refractivity contribution in [2.45, 2.75) is 31.3 Å². The highest BCUT2D eigenvalue weighted by Crippen LogP contribution is 2.37. The van der Waals surface area contributed by atoms with Crippen molar-refractivity contribution in [1.82, 2.24) is 14.6 Å². The fraction of sp³-hybridized carbons (Fsp3) is 0.647. The zero-order chi connectivity index (χ0) is 18.8. The number of hydrogen-bond acceptors (Lipinski definition) is 5. The van der Waals surface area contributed by atoms with E-state index in [4.69, 9.17) is 4.74 Å². The van der Waals surface area contributed by atoms with Crippen LogP contribution < -0.4 is 4.72 Å². The first kappa shape index (κ1) is 19.7. The van der Waals surface area contributed by atoms with Gasteiger partial charge in [-0.15, -0.1) is 0 Å². The van der Waals surface area contributed by atoms with Gasteiger partial charge >= 0.3 is 0 Å². The number of ether oxygens (including phenoxy) is 1. The molecule has 3 heterocycles. The lowest BCUT2D eigenvalue weighted by Crippen LogP contribution is -2.51. The van der Waals surface area contributed by atoms with Gasteiger partial charge in [0.05, 0.1) is 17.4 Å². The largest absolute Gasteiger partial charge is 0.375 e. The molecule has 1 atom stereocenters. The average Bonchev–Trinajstić information content (AvgIpc) is 2.60. The maximum absolute atomic E-state index is 12.6. The molecule has 1 N–H and O–H groups in total. The van der Waals surface area contributed by atoms with Crippen molar-refractivity contribution in [2.75, 3.05) is 32.5 Å². The summed E-state index contributed by atoms with van der Waals surface area (Å²) in [5.41, 5.74) is 0.337. The molecular formula is C17H24BrN3O4S. The first-order valence-electron chi connectivity index (χ1n) is 8.75. The predicted octanol–water partition coefficient (Wildman–Crippen LogP) is 1.79. The highest BCUT2D eigenvalue weighted by atomic mass is 79.9. The minimum Gasteiger partial charge on any atom is -0.375 e. The van der Waals surface area contributed by atoms with E-state index in [1.54, 1.807) is 18.5 Å². The van der Waals surface area contributed by atoms with Crippen molar-refractivity contribution < 1.29 is 17.9 Å². The number of amides is 1. The molecule has 7 nitrogen and oxygen atoms in total. The second kappa shape index (κ2) is 7.92. The number of aromatic nitrogens is 1. The Hall–Kier alpha value is -1.03. The van der Waals surface area contributed by atoms with Crippen molar-refractivity contribution in [1.29, 1.82) is 0 Å². The van der Waals surface area contributed by atoms with Crippen LogP contribution in [-0.2, 0) is 14.8 Å². The number of sulfonamides is 1. The maximum Gasteiger partial charge on any atom is 0.255 e. The molecule has 0 aliphatic carbocycles. The summed E-state index contributed by atoms with van der Waals surface area (Å²) in [6.45, 7) is 2.37. The van der Waals surface area contributed by atoms with Gasteiger partial charge in [0.2, 0.25) is 10.0 Å². The van der Waals surface area contributed by atoms with Crippen LogP contribution in [0, 0.1) is 5.92 Å². The van der Waals surface area contributed by atoms with E-state index >= 15 is 0 Å². The van der Waals surface area contributed by atoms with Crippen LogP contribution in [0.1, 0.15) is 36.0 Å². The smallest absolute Gasteiger partial charge is 0.255 e. The van der Waals surface area contributed by atoms with E-state index in [0.29, 0.717) is 31.8 Å². The van der Waals surface area contributed by atoms with E-state index in [9.17, 15) is 13.2 Å². The number of likely N-dealkylation sites (tertiary alicyclic amines) is 1. The molecule has 144 valence electrons. The molecular weight excluding hydrogens is 422 g/mol. The zero-order valence-electron chi connectivity index (χ0n) is 14.8. The molecule has 1 amide bonds. The predicted molar refractivity (Wildman–Crippen MR) is 101 cm³/mol. The SMILES string of the molecule is CS(=O)(=O)NCC1CCOC2(CCN(C(=O)c3cncc(Br)c3)CC2)C1. The highest BCUT2D eigenvalue weighted by Gasteiger charge is 2.41. The van der Waals surface area contributed by atoms with Crippen molar-refractivity contribution in [2.24, 2.45) is 5.92 Å². The Bertz CT molecular complexity index is 763. The van der Waals surface area contributed by atoms with Crippen LogP contribution in [0.2, 0.25) is 0 Å². The zero-order valence-corrected chi connectivity index (χ0v) is 17.2. The van der Waals surface area contributed by atoms with Crippen LogP contribution in [0.5, 0.6) is 0 Å². The number of rotatable bonds is 4. The van der Waals surface area contributed by atoms with E-state index < -0.39 is 10.0 Å². The summed E-state index contributed by atoms with van der Waals surface area (Å²) in [5.74, 6) is 0.259. The first-order chi connectivity index (χ1) is 12.3. The molecule has 1 aromatic heterocycles. The number of piperidine rings is 1. The lowest BCUT2D eigenvalue weighted by molar-refractivity contribution is -0.122. The molecule has 3 rings (SSSR count). The van der Waals surface area contributed by atoms with Crippen molar-refractivity contribution >= 4 is 31.9 Å². The summed E-state index contributed by atoms with van der Waals surface area (Å²) < 4.78 is 32.1. The monoisotopic (exact) mass is 445 g/mol. The maximum atomic E-state index is 12.6. The molecule has 1 spiro atoms. The van der Waals surface area contributed by atoms with Crippen LogP contribution in [-0.4, -0.2) is 62.3 Å². The fourth-order valence-corrected chi connectivity index (χ4v) is 4.65. The van der Waals surface area contributed by atoms with E-state index in [-0.39, 0.29) is 17.4 Å². The summed E-state index contributed by atoms with van der Waals surface area (Å²) in [5, 5.41) is 0. The molecule has 2 fully saturated rings. The van der Waals surface area contributed by atoms with Crippen LogP contribution in [0.4, 0.5) is 0 Å². The molecule has 1 aromatic rings. The van der Waals surface area contributed by atoms with Gasteiger partial charge in [0.25, 0.3) is 5.91 Å². The van der Waals surface area contributed by atoms with E-state index in [0.717, 1.165) is 30.2 Å². The molecule has 0 saturated carbocycles. The number of hydrogen-bond donors (Lipinski definition) is 1. The number of nitrogens with zero attached hydrogens (tertiary/aromatic N) is 2. The standard InChI is InChI=1S/C17H24BrN3O4S/c1-26(23,24)20-10-13-2-7-25-17(9-13)3-5-21(6-4-17)16(22)14-8-15(18)12-19-11-14/h8,11-13,20H,2-7,9-10H2,1H3. The fourth-order valence-electron chi connectivity index (χ4n) is 3.75. The van der Waals surface area contributed by atoms with Gasteiger partial charge in [-0.1, -0.05) is 0 Å². The Labute approximate surface area is 162 Å². The van der Waals surface area contributed by atoms with Gasteiger partial charge in [0.15, 0.2) is 0 Å². The lowest BCUT2D eigenvalue weighted by atomic mass is 9.79. The lowest BCUT2D eigenvalue weighted by Gasteiger charge is -2.46. The van der Waals surface area contributed by atoms with Gasteiger partial charge in [-0.25, -0.2) is 13.1 Å². The molecule has 26 heavy (non-hydrogen) atoms. The Balaban J connectivity index is 1.57. The van der Waals surface area contributed by atoms with Gasteiger partial charge < -0.3 is 9.64 Å². The minimum absolute atomic E-state index is 0.0141. The average molecular weight is 446 g/mol. The van der Waals surface area contributed by atoms with E-state index in [1.807, 2.05) is 4.90 Å². The Morgan fingerprint density at radius 1 is 1.42 bits per heavy atom. The van der Waals surface area contributed by atoms with Gasteiger partial charge in [-0.05, 0) is 53.6 Å². The second-order valence-corrected chi connectivity index (χ2v) is 9.94.